The van der Waals surface area contributed by atoms with Crippen LogP contribution in [-0.2, 0) is 0 Å². The van der Waals surface area contributed by atoms with Gasteiger partial charge >= 0.3 is 0 Å². The molecule has 1 rings (SSSR count). The molecule has 0 radical (unpaired) electrons. The predicted molar refractivity (Wildman–Crippen MR) is 63.4 cm³/mol. The molecule has 1 fully saturated rings. The first-order valence-corrected chi connectivity index (χ1v) is 6.03. The van der Waals surface area contributed by atoms with Crippen LogP contribution in [-0.4, -0.2) is 12.6 Å². The Hall–Kier alpha value is -0.300. The highest BCUT2D eigenvalue weighted by Crippen LogP contribution is 2.29. The quantitative estimate of drug-likeness (QED) is 0.678. The number of hydrogen-bond donors (Lipinski definition) is 1. The summed E-state index contributed by atoms with van der Waals surface area (Å²) in [4.78, 5) is 0. The summed E-state index contributed by atoms with van der Waals surface area (Å²) in [6.45, 7) is 12.0. The Morgan fingerprint density at radius 3 is 2.57 bits per heavy atom. The van der Waals surface area contributed by atoms with E-state index in [-0.39, 0.29) is 0 Å². The van der Waals surface area contributed by atoms with Crippen LogP contribution >= 0.6 is 0 Å². The number of nitrogens with one attached hydrogen (secondary N) is 1. The third-order valence-electron chi connectivity index (χ3n) is 3.74. The first-order valence-electron chi connectivity index (χ1n) is 6.03. The average Bonchev–Trinajstić information content (AvgIpc) is 2.19. The topological polar surface area (TPSA) is 12.0 Å². The number of hydrogen-bond acceptors (Lipinski definition) is 1. The molecule has 0 aliphatic heterocycles. The summed E-state index contributed by atoms with van der Waals surface area (Å²) >= 11 is 0. The Labute approximate surface area is 89.0 Å². The van der Waals surface area contributed by atoms with Crippen molar-refractivity contribution in [1.82, 2.24) is 5.32 Å². The average molecular weight is 195 g/mol. The molecule has 1 aliphatic carbocycles. The summed E-state index contributed by atoms with van der Waals surface area (Å²) in [5, 5.41) is 3.62. The summed E-state index contributed by atoms with van der Waals surface area (Å²) in [5.74, 6) is 1.80. The highest BCUT2D eigenvalue weighted by atomic mass is 14.9. The molecule has 1 saturated carbocycles. The van der Waals surface area contributed by atoms with Gasteiger partial charge in [0.15, 0.2) is 0 Å². The van der Waals surface area contributed by atoms with Crippen molar-refractivity contribution in [3.8, 4) is 0 Å². The van der Waals surface area contributed by atoms with Crippen molar-refractivity contribution < 1.29 is 0 Å². The summed E-state index contributed by atoms with van der Waals surface area (Å²) in [7, 11) is 0. The van der Waals surface area contributed by atoms with Gasteiger partial charge in [0.2, 0.25) is 0 Å². The lowest BCUT2D eigenvalue weighted by atomic mass is 9.79. The molecule has 0 aromatic heterocycles. The Morgan fingerprint density at radius 1 is 1.29 bits per heavy atom. The van der Waals surface area contributed by atoms with E-state index in [0.717, 1.165) is 30.8 Å². The Balaban J connectivity index is 2.23. The first-order chi connectivity index (χ1) is 6.63. The second kappa shape index (κ2) is 5.55. The van der Waals surface area contributed by atoms with E-state index >= 15 is 0 Å². The fraction of sp³-hybridized carbons (Fsp3) is 0.846. The largest absolute Gasteiger partial charge is 0.310 e. The van der Waals surface area contributed by atoms with Crippen LogP contribution in [0.1, 0.15) is 46.5 Å². The van der Waals surface area contributed by atoms with E-state index in [1.807, 2.05) is 0 Å². The molecular formula is C13H25N. The van der Waals surface area contributed by atoms with E-state index in [2.05, 4.69) is 32.7 Å². The van der Waals surface area contributed by atoms with Gasteiger partial charge in [-0.1, -0.05) is 32.9 Å². The van der Waals surface area contributed by atoms with E-state index in [4.69, 9.17) is 0 Å². The van der Waals surface area contributed by atoms with Crippen molar-refractivity contribution in [1.29, 1.82) is 0 Å². The van der Waals surface area contributed by atoms with E-state index in [0.29, 0.717) is 0 Å². The van der Waals surface area contributed by atoms with Crippen LogP contribution in [0.5, 0.6) is 0 Å². The lowest BCUT2D eigenvalue weighted by Gasteiger charge is -2.32. The van der Waals surface area contributed by atoms with Gasteiger partial charge in [0, 0.05) is 12.6 Å². The summed E-state index contributed by atoms with van der Waals surface area (Å²) < 4.78 is 0. The molecule has 0 heterocycles. The standard InChI is InChI=1S/C13H25N/c1-5-10(2)9-14-13-7-6-11(3)12(4)8-13/h11-14H,2,5-9H2,1,3-4H3. The third kappa shape index (κ3) is 3.45. The maximum Gasteiger partial charge on any atom is 0.0164 e. The zero-order chi connectivity index (χ0) is 10.6. The smallest absolute Gasteiger partial charge is 0.0164 e. The zero-order valence-corrected chi connectivity index (χ0v) is 9.97. The molecule has 82 valence electrons. The normalized spacial score (nSPS) is 32.9. The van der Waals surface area contributed by atoms with Crippen LogP contribution in [0.2, 0.25) is 0 Å². The molecular weight excluding hydrogens is 170 g/mol. The molecule has 1 N–H and O–H groups in total. The minimum atomic E-state index is 0.740. The van der Waals surface area contributed by atoms with Gasteiger partial charge in [-0.3, -0.25) is 0 Å². The van der Waals surface area contributed by atoms with E-state index in [1.54, 1.807) is 0 Å². The van der Waals surface area contributed by atoms with Gasteiger partial charge in [0.05, 0.1) is 0 Å². The predicted octanol–water partition coefficient (Wildman–Crippen LogP) is 3.37. The van der Waals surface area contributed by atoms with Crippen LogP contribution in [0.25, 0.3) is 0 Å². The molecule has 1 heteroatoms. The van der Waals surface area contributed by atoms with Crippen LogP contribution < -0.4 is 5.32 Å². The highest BCUT2D eigenvalue weighted by molar-refractivity contribution is 4.96. The molecule has 1 nitrogen and oxygen atoms in total. The van der Waals surface area contributed by atoms with Crippen molar-refractivity contribution in [3.05, 3.63) is 12.2 Å². The van der Waals surface area contributed by atoms with Crippen LogP contribution in [0, 0.1) is 11.8 Å². The summed E-state index contributed by atoms with van der Waals surface area (Å²) in [5.41, 5.74) is 1.33. The van der Waals surface area contributed by atoms with Gasteiger partial charge in [0.25, 0.3) is 0 Å². The van der Waals surface area contributed by atoms with Crippen molar-refractivity contribution in [2.24, 2.45) is 11.8 Å². The minimum Gasteiger partial charge on any atom is -0.310 e. The van der Waals surface area contributed by atoms with E-state index in [1.165, 1.54) is 24.8 Å². The molecule has 1 aliphatic rings. The summed E-state index contributed by atoms with van der Waals surface area (Å²) in [6.07, 6.45) is 5.18. The van der Waals surface area contributed by atoms with Crippen LogP contribution in [0.3, 0.4) is 0 Å². The maximum absolute atomic E-state index is 4.03. The van der Waals surface area contributed by atoms with Gasteiger partial charge in [0.1, 0.15) is 0 Å². The molecule has 0 saturated heterocycles. The summed E-state index contributed by atoms with van der Waals surface area (Å²) in [6, 6.07) is 0.740. The van der Waals surface area contributed by atoms with Crippen molar-refractivity contribution in [2.45, 2.75) is 52.5 Å². The van der Waals surface area contributed by atoms with Gasteiger partial charge in [-0.2, -0.15) is 0 Å². The van der Waals surface area contributed by atoms with Crippen molar-refractivity contribution in [3.63, 3.8) is 0 Å². The fourth-order valence-electron chi connectivity index (χ4n) is 2.15. The van der Waals surface area contributed by atoms with Gasteiger partial charge in [-0.15, -0.1) is 0 Å². The highest BCUT2D eigenvalue weighted by Gasteiger charge is 2.23. The lowest BCUT2D eigenvalue weighted by molar-refractivity contribution is 0.229. The maximum atomic E-state index is 4.03. The SMILES string of the molecule is C=C(CC)CNC1CCC(C)C(C)C1. The second-order valence-corrected chi connectivity index (χ2v) is 4.95. The van der Waals surface area contributed by atoms with Crippen molar-refractivity contribution in [2.75, 3.05) is 6.54 Å². The molecule has 0 amide bonds. The monoisotopic (exact) mass is 195 g/mol. The molecule has 0 spiro atoms. The van der Waals surface area contributed by atoms with Crippen LogP contribution in [0.4, 0.5) is 0 Å². The molecule has 0 aromatic carbocycles. The second-order valence-electron chi connectivity index (χ2n) is 4.95. The van der Waals surface area contributed by atoms with Gasteiger partial charge in [-0.25, -0.2) is 0 Å². The Morgan fingerprint density at radius 2 is 2.00 bits per heavy atom. The lowest BCUT2D eigenvalue weighted by Crippen LogP contribution is -2.37. The molecule has 14 heavy (non-hydrogen) atoms. The Bertz CT molecular complexity index is 186. The molecule has 0 bridgehead atoms. The minimum absolute atomic E-state index is 0.740. The first kappa shape index (κ1) is 11.8. The molecule has 0 aromatic rings. The third-order valence-corrected chi connectivity index (χ3v) is 3.74. The van der Waals surface area contributed by atoms with E-state index < -0.39 is 0 Å². The Kier molecular flexibility index (Phi) is 4.67. The fourth-order valence-corrected chi connectivity index (χ4v) is 2.15. The van der Waals surface area contributed by atoms with Crippen molar-refractivity contribution >= 4 is 0 Å². The number of rotatable bonds is 4. The van der Waals surface area contributed by atoms with E-state index in [9.17, 15) is 0 Å². The zero-order valence-electron chi connectivity index (χ0n) is 9.97. The van der Waals surface area contributed by atoms with Crippen LogP contribution in [0.15, 0.2) is 12.2 Å². The molecule has 3 unspecified atom stereocenters. The van der Waals surface area contributed by atoms with Gasteiger partial charge in [-0.05, 0) is 37.5 Å². The van der Waals surface area contributed by atoms with Gasteiger partial charge < -0.3 is 5.32 Å². The molecule has 3 atom stereocenters.